The molecule has 0 saturated carbocycles. The summed E-state index contributed by atoms with van der Waals surface area (Å²) in [5, 5.41) is 10.6. The van der Waals surface area contributed by atoms with Gasteiger partial charge >= 0.3 is 0 Å². The number of para-hydroxylation sites is 1. The summed E-state index contributed by atoms with van der Waals surface area (Å²) < 4.78 is 18.2. The molecule has 0 aromatic heterocycles. The highest BCUT2D eigenvalue weighted by Gasteiger charge is 2.24. The highest BCUT2D eigenvalue weighted by Crippen LogP contribution is 2.29. The topological polar surface area (TPSA) is 29.5 Å². The zero-order valence-electron chi connectivity index (χ0n) is 11.1. The molecule has 0 aliphatic carbocycles. The van der Waals surface area contributed by atoms with Crippen molar-refractivity contribution in [3.63, 3.8) is 0 Å². The first-order chi connectivity index (χ1) is 9.03. The molecule has 19 heavy (non-hydrogen) atoms. The second-order valence-corrected chi connectivity index (χ2v) is 4.77. The van der Waals surface area contributed by atoms with E-state index in [-0.39, 0.29) is 5.82 Å². The van der Waals surface area contributed by atoms with Crippen LogP contribution in [0.2, 0.25) is 0 Å². The van der Waals surface area contributed by atoms with E-state index in [9.17, 15) is 9.50 Å². The molecule has 0 aliphatic rings. The fraction of sp³-hybridized carbons (Fsp3) is 0.250. The van der Waals surface area contributed by atoms with Crippen molar-refractivity contribution in [1.29, 1.82) is 0 Å². The molecular formula is C16H17FO2. The van der Waals surface area contributed by atoms with Gasteiger partial charge in [0.25, 0.3) is 0 Å². The SMILES string of the molecule is COc1ccccc1CC(C)(O)c1ccc(F)cc1. The van der Waals surface area contributed by atoms with Crippen molar-refractivity contribution in [2.24, 2.45) is 0 Å². The zero-order chi connectivity index (χ0) is 13.9. The van der Waals surface area contributed by atoms with E-state index in [4.69, 9.17) is 4.74 Å². The third kappa shape index (κ3) is 3.12. The molecule has 0 aliphatic heterocycles. The Morgan fingerprint density at radius 2 is 1.74 bits per heavy atom. The maximum atomic E-state index is 12.9. The fourth-order valence-corrected chi connectivity index (χ4v) is 2.13. The number of hydrogen-bond donors (Lipinski definition) is 1. The molecule has 1 N–H and O–H groups in total. The van der Waals surface area contributed by atoms with Crippen LogP contribution >= 0.6 is 0 Å². The predicted molar refractivity (Wildman–Crippen MR) is 72.7 cm³/mol. The lowest BCUT2D eigenvalue weighted by atomic mass is 9.89. The molecule has 0 saturated heterocycles. The molecule has 0 radical (unpaired) electrons. The lowest BCUT2D eigenvalue weighted by Gasteiger charge is -2.25. The Labute approximate surface area is 112 Å². The van der Waals surface area contributed by atoms with Crippen LogP contribution in [0.25, 0.3) is 0 Å². The van der Waals surface area contributed by atoms with Crippen LogP contribution in [0.15, 0.2) is 48.5 Å². The van der Waals surface area contributed by atoms with E-state index in [0.717, 1.165) is 11.3 Å². The van der Waals surface area contributed by atoms with Crippen LogP contribution in [0.4, 0.5) is 4.39 Å². The van der Waals surface area contributed by atoms with Crippen LogP contribution in [0.5, 0.6) is 5.75 Å². The summed E-state index contributed by atoms with van der Waals surface area (Å²) in [6, 6.07) is 13.5. The molecule has 0 fully saturated rings. The molecule has 2 nitrogen and oxygen atoms in total. The monoisotopic (exact) mass is 260 g/mol. The molecule has 1 unspecified atom stereocenters. The Morgan fingerprint density at radius 3 is 2.37 bits per heavy atom. The second kappa shape index (κ2) is 5.41. The van der Waals surface area contributed by atoms with Gasteiger partial charge in [-0.2, -0.15) is 0 Å². The van der Waals surface area contributed by atoms with Gasteiger partial charge in [-0.25, -0.2) is 4.39 Å². The Kier molecular flexibility index (Phi) is 3.86. The minimum Gasteiger partial charge on any atom is -0.496 e. The molecule has 100 valence electrons. The lowest BCUT2D eigenvalue weighted by Crippen LogP contribution is -2.24. The van der Waals surface area contributed by atoms with Gasteiger partial charge in [-0.3, -0.25) is 0 Å². The van der Waals surface area contributed by atoms with Crippen LogP contribution in [-0.2, 0) is 12.0 Å². The van der Waals surface area contributed by atoms with E-state index >= 15 is 0 Å². The molecule has 2 rings (SSSR count). The van der Waals surface area contributed by atoms with Crippen LogP contribution < -0.4 is 4.74 Å². The third-order valence-corrected chi connectivity index (χ3v) is 3.19. The molecular weight excluding hydrogens is 243 g/mol. The van der Waals surface area contributed by atoms with Crippen molar-refractivity contribution < 1.29 is 14.2 Å². The Morgan fingerprint density at radius 1 is 1.11 bits per heavy atom. The fourth-order valence-electron chi connectivity index (χ4n) is 2.13. The van der Waals surface area contributed by atoms with E-state index < -0.39 is 5.60 Å². The quantitative estimate of drug-likeness (QED) is 0.914. The van der Waals surface area contributed by atoms with Crippen LogP contribution in [0.1, 0.15) is 18.1 Å². The number of ether oxygens (including phenoxy) is 1. The molecule has 1 atom stereocenters. The highest BCUT2D eigenvalue weighted by molar-refractivity contribution is 5.36. The Balaban J connectivity index is 2.27. The standard InChI is InChI=1S/C16H17FO2/c1-16(18,13-7-9-14(17)10-8-13)11-12-5-3-4-6-15(12)19-2/h3-10,18H,11H2,1-2H3. The first-order valence-corrected chi connectivity index (χ1v) is 6.13. The average molecular weight is 260 g/mol. The summed E-state index contributed by atoms with van der Waals surface area (Å²) in [5.41, 5.74) is 0.529. The molecule has 0 heterocycles. The van der Waals surface area contributed by atoms with E-state index in [2.05, 4.69) is 0 Å². The third-order valence-electron chi connectivity index (χ3n) is 3.19. The largest absolute Gasteiger partial charge is 0.496 e. The van der Waals surface area contributed by atoms with Gasteiger partial charge in [-0.15, -0.1) is 0 Å². The van der Waals surface area contributed by atoms with Crippen LogP contribution in [0.3, 0.4) is 0 Å². The van der Waals surface area contributed by atoms with Crippen LogP contribution in [-0.4, -0.2) is 12.2 Å². The molecule has 2 aromatic carbocycles. The van der Waals surface area contributed by atoms with Crippen molar-refractivity contribution in [2.75, 3.05) is 7.11 Å². The number of rotatable bonds is 4. The molecule has 0 amide bonds. The van der Waals surface area contributed by atoms with Crippen molar-refractivity contribution in [3.05, 3.63) is 65.5 Å². The average Bonchev–Trinajstić information content (AvgIpc) is 2.39. The van der Waals surface area contributed by atoms with E-state index in [1.54, 1.807) is 26.2 Å². The maximum Gasteiger partial charge on any atom is 0.123 e. The molecule has 2 aromatic rings. The van der Waals surface area contributed by atoms with Gasteiger partial charge in [-0.05, 0) is 36.2 Å². The predicted octanol–water partition coefficient (Wildman–Crippen LogP) is 3.28. The molecule has 0 bridgehead atoms. The summed E-state index contributed by atoms with van der Waals surface area (Å²) in [6.45, 7) is 1.71. The zero-order valence-corrected chi connectivity index (χ0v) is 11.1. The van der Waals surface area contributed by atoms with Gasteiger partial charge in [0.15, 0.2) is 0 Å². The van der Waals surface area contributed by atoms with Crippen molar-refractivity contribution in [3.8, 4) is 5.75 Å². The molecule has 0 spiro atoms. The first-order valence-electron chi connectivity index (χ1n) is 6.13. The van der Waals surface area contributed by atoms with Crippen molar-refractivity contribution in [1.82, 2.24) is 0 Å². The maximum absolute atomic E-state index is 12.9. The second-order valence-electron chi connectivity index (χ2n) is 4.77. The van der Waals surface area contributed by atoms with Crippen molar-refractivity contribution >= 4 is 0 Å². The summed E-state index contributed by atoms with van der Waals surface area (Å²) >= 11 is 0. The lowest BCUT2D eigenvalue weighted by molar-refractivity contribution is 0.0569. The van der Waals surface area contributed by atoms with Gasteiger partial charge in [0.05, 0.1) is 12.7 Å². The van der Waals surface area contributed by atoms with Crippen LogP contribution in [0, 0.1) is 5.82 Å². The summed E-state index contributed by atoms with van der Waals surface area (Å²) in [6.07, 6.45) is 0.405. The van der Waals surface area contributed by atoms with E-state index in [0.29, 0.717) is 12.0 Å². The van der Waals surface area contributed by atoms with Crippen molar-refractivity contribution in [2.45, 2.75) is 18.9 Å². The molecule has 3 heteroatoms. The summed E-state index contributed by atoms with van der Waals surface area (Å²) in [7, 11) is 1.60. The summed E-state index contributed by atoms with van der Waals surface area (Å²) in [4.78, 5) is 0. The van der Waals surface area contributed by atoms with E-state index in [1.807, 2.05) is 24.3 Å². The van der Waals surface area contributed by atoms with E-state index in [1.165, 1.54) is 12.1 Å². The van der Waals surface area contributed by atoms with Gasteiger partial charge in [0.1, 0.15) is 11.6 Å². The van der Waals surface area contributed by atoms with Gasteiger partial charge in [0, 0.05) is 6.42 Å². The van der Waals surface area contributed by atoms with Gasteiger partial charge in [0.2, 0.25) is 0 Å². The number of hydrogen-bond acceptors (Lipinski definition) is 2. The normalized spacial score (nSPS) is 13.9. The highest BCUT2D eigenvalue weighted by atomic mass is 19.1. The minimum atomic E-state index is -1.07. The first kappa shape index (κ1) is 13.6. The Hall–Kier alpha value is -1.87. The summed E-state index contributed by atoms with van der Waals surface area (Å²) in [5.74, 6) is 0.432. The smallest absolute Gasteiger partial charge is 0.123 e. The number of aliphatic hydroxyl groups is 1. The van der Waals surface area contributed by atoms with Gasteiger partial charge < -0.3 is 9.84 Å². The minimum absolute atomic E-state index is 0.308. The Bertz CT molecular complexity index is 547. The number of halogens is 1. The van der Waals surface area contributed by atoms with Gasteiger partial charge in [-0.1, -0.05) is 30.3 Å². The number of benzene rings is 2. The number of methoxy groups -OCH3 is 1.